The molecule has 0 radical (unpaired) electrons. The number of nitrogens with zero attached hydrogens (tertiary/aromatic N) is 1. The molecular formula is C11H11ClN2O2. The van der Waals surface area contributed by atoms with Gasteiger partial charge in [0.1, 0.15) is 0 Å². The van der Waals surface area contributed by atoms with E-state index in [1.54, 1.807) is 18.2 Å². The van der Waals surface area contributed by atoms with Gasteiger partial charge in [0.2, 0.25) is 11.8 Å². The fourth-order valence-electron chi connectivity index (χ4n) is 1.58. The summed E-state index contributed by atoms with van der Waals surface area (Å²) < 4.78 is 0. The van der Waals surface area contributed by atoms with Gasteiger partial charge in [-0.25, -0.2) is 4.90 Å². The van der Waals surface area contributed by atoms with Crippen molar-refractivity contribution >= 4 is 29.1 Å². The molecule has 0 atom stereocenters. The first-order valence-electron chi connectivity index (χ1n) is 4.92. The predicted octanol–water partition coefficient (Wildman–Crippen LogP) is 1.11. The monoisotopic (exact) mass is 238 g/mol. The Labute approximate surface area is 98.2 Å². The molecule has 0 spiro atoms. The lowest BCUT2D eigenvalue weighted by atomic mass is 10.2. The fourth-order valence-corrected chi connectivity index (χ4v) is 1.76. The van der Waals surface area contributed by atoms with Crippen LogP contribution in [0.25, 0.3) is 0 Å². The van der Waals surface area contributed by atoms with Crippen LogP contribution in [0.3, 0.4) is 0 Å². The summed E-state index contributed by atoms with van der Waals surface area (Å²) in [7, 11) is 0. The van der Waals surface area contributed by atoms with E-state index in [2.05, 4.69) is 5.32 Å². The van der Waals surface area contributed by atoms with Crippen molar-refractivity contribution in [3.05, 3.63) is 28.8 Å². The molecule has 0 aliphatic carbocycles. The zero-order chi connectivity index (χ0) is 11.7. The molecule has 2 amide bonds. The topological polar surface area (TPSA) is 49.4 Å². The van der Waals surface area contributed by atoms with E-state index in [0.717, 1.165) is 5.56 Å². The number of anilines is 1. The molecule has 1 saturated heterocycles. The molecule has 0 bridgehead atoms. The van der Waals surface area contributed by atoms with E-state index in [-0.39, 0.29) is 24.9 Å². The van der Waals surface area contributed by atoms with Crippen LogP contribution in [-0.2, 0) is 9.59 Å². The number of imide groups is 1. The molecule has 0 unspecified atom stereocenters. The van der Waals surface area contributed by atoms with Gasteiger partial charge in [-0.05, 0) is 24.6 Å². The van der Waals surface area contributed by atoms with Crippen LogP contribution in [0.1, 0.15) is 5.56 Å². The van der Waals surface area contributed by atoms with Crippen LogP contribution in [0.2, 0.25) is 5.02 Å². The summed E-state index contributed by atoms with van der Waals surface area (Å²) in [5, 5.41) is 3.29. The van der Waals surface area contributed by atoms with Crippen molar-refractivity contribution in [3.8, 4) is 0 Å². The average Bonchev–Trinajstić information content (AvgIpc) is 2.23. The second-order valence-electron chi connectivity index (χ2n) is 3.66. The summed E-state index contributed by atoms with van der Waals surface area (Å²) in [6.45, 7) is 2.22. The molecule has 0 aromatic heterocycles. The summed E-state index contributed by atoms with van der Waals surface area (Å²) in [5.74, 6) is -0.507. The molecular weight excluding hydrogens is 228 g/mol. The highest BCUT2D eigenvalue weighted by atomic mass is 35.5. The molecule has 84 valence electrons. The van der Waals surface area contributed by atoms with E-state index in [1.165, 1.54) is 4.90 Å². The summed E-state index contributed by atoms with van der Waals surface area (Å²) in [4.78, 5) is 24.4. The van der Waals surface area contributed by atoms with Crippen molar-refractivity contribution in [2.45, 2.75) is 6.92 Å². The molecule has 2 rings (SSSR count). The Morgan fingerprint density at radius 2 is 1.88 bits per heavy atom. The van der Waals surface area contributed by atoms with Gasteiger partial charge in [0.25, 0.3) is 0 Å². The van der Waals surface area contributed by atoms with Crippen LogP contribution in [-0.4, -0.2) is 24.9 Å². The summed E-state index contributed by atoms with van der Waals surface area (Å²) in [6, 6.07) is 5.15. The Morgan fingerprint density at radius 1 is 1.25 bits per heavy atom. The first-order valence-corrected chi connectivity index (χ1v) is 5.30. The van der Waals surface area contributed by atoms with Crippen molar-refractivity contribution in [1.82, 2.24) is 5.32 Å². The summed E-state index contributed by atoms with van der Waals surface area (Å²) in [6.07, 6.45) is 0. The van der Waals surface area contributed by atoms with E-state index < -0.39 is 0 Å². The van der Waals surface area contributed by atoms with Gasteiger partial charge in [-0.3, -0.25) is 14.9 Å². The fraction of sp³-hybridized carbons (Fsp3) is 0.273. The number of hydrogen-bond donors (Lipinski definition) is 1. The van der Waals surface area contributed by atoms with E-state index in [0.29, 0.717) is 10.7 Å². The highest BCUT2D eigenvalue weighted by Crippen LogP contribution is 2.23. The van der Waals surface area contributed by atoms with Crippen LogP contribution >= 0.6 is 11.6 Å². The number of amides is 2. The molecule has 5 heteroatoms. The number of halogens is 1. The number of piperazine rings is 1. The van der Waals surface area contributed by atoms with E-state index in [1.807, 2.05) is 6.92 Å². The quantitative estimate of drug-likeness (QED) is 0.746. The van der Waals surface area contributed by atoms with Gasteiger partial charge in [0, 0.05) is 5.02 Å². The third kappa shape index (κ3) is 1.94. The van der Waals surface area contributed by atoms with Gasteiger partial charge in [0.15, 0.2) is 0 Å². The van der Waals surface area contributed by atoms with E-state index >= 15 is 0 Å². The highest BCUT2D eigenvalue weighted by molar-refractivity contribution is 6.32. The van der Waals surface area contributed by atoms with Crippen LogP contribution in [0, 0.1) is 6.92 Å². The standard InChI is InChI=1S/C11H11ClN2O2/c1-7-2-3-8(4-9(7)12)14-10(15)5-13-6-11(14)16/h2-4,13H,5-6H2,1H3. The van der Waals surface area contributed by atoms with Crippen LogP contribution in [0.4, 0.5) is 5.69 Å². The first kappa shape index (κ1) is 11.1. The summed E-state index contributed by atoms with van der Waals surface area (Å²) >= 11 is 5.96. The van der Waals surface area contributed by atoms with Gasteiger partial charge in [-0.2, -0.15) is 0 Å². The minimum atomic E-state index is -0.254. The molecule has 0 saturated carbocycles. The van der Waals surface area contributed by atoms with Crippen molar-refractivity contribution in [3.63, 3.8) is 0 Å². The number of hydrogen-bond acceptors (Lipinski definition) is 3. The number of rotatable bonds is 1. The van der Waals surface area contributed by atoms with Crippen molar-refractivity contribution in [2.24, 2.45) is 0 Å². The van der Waals surface area contributed by atoms with E-state index in [9.17, 15) is 9.59 Å². The zero-order valence-electron chi connectivity index (χ0n) is 8.79. The van der Waals surface area contributed by atoms with Gasteiger partial charge in [0.05, 0.1) is 18.8 Å². The minimum Gasteiger partial charge on any atom is -0.300 e. The van der Waals surface area contributed by atoms with Gasteiger partial charge < -0.3 is 0 Å². The summed E-state index contributed by atoms with van der Waals surface area (Å²) in [5.41, 5.74) is 1.45. The smallest absolute Gasteiger partial charge is 0.247 e. The maximum absolute atomic E-state index is 11.6. The normalized spacial score (nSPS) is 16.8. The first-order chi connectivity index (χ1) is 7.59. The SMILES string of the molecule is Cc1ccc(N2C(=O)CNCC2=O)cc1Cl. The lowest BCUT2D eigenvalue weighted by molar-refractivity contribution is -0.127. The second kappa shape index (κ2) is 4.23. The molecule has 1 aromatic carbocycles. The Morgan fingerprint density at radius 3 is 2.44 bits per heavy atom. The number of nitrogens with one attached hydrogen (secondary N) is 1. The van der Waals surface area contributed by atoms with Gasteiger partial charge >= 0.3 is 0 Å². The molecule has 1 fully saturated rings. The van der Waals surface area contributed by atoms with Crippen molar-refractivity contribution in [1.29, 1.82) is 0 Å². The predicted molar refractivity (Wildman–Crippen MR) is 61.6 cm³/mol. The molecule has 1 aromatic rings. The lowest BCUT2D eigenvalue weighted by Crippen LogP contribution is -2.52. The maximum atomic E-state index is 11.6. The van der Waals surface area contributed by atoms with Crippen molar-refractivity contribution < 1.29 is 9.59 Å². The van der Waals surface area contributed by atoms with Gasteiger partial charge in [-0.1, -0.05) is 17.7 Å². The third-order valence-electron chi connectivity index (χ3n) is 2.46. The van der Waals surface area contributed by atoms with Gasteiger partial charge in [-0.15, -0.1) is 0 Å². The molecule has 16 heavy (non-hydrogen) atoms. The Hall–Kier alpha value is -1.39. The second-order valence-corrected chi connectivity index (χ2v) is 4.07. The molecule has 1 aliphatic rings. The third-order valence-corrected chi connectivity index (χ3v) is 2.87. The number of carbonyl (C=O) groups is 2. The van der Waals surface area contributed by atoms with Crippen molar-refractivity contribution in [2.75, 3.05) is 18.0 Å². The molecule has 1 N–H and O–H groups in total. The largest absolute Gasteiger partial charge is 0.300 e. The molecule has 4 nitrogen and oxygen atoms in total. The van der Waals surface area contributed by atoms with Crippen LogP contribution < -0.4 is 10.2 Å². The Bertz CT molecular complexity index is 443. The Kier molecular flexibility index (Phi) is 2.94. The van der Waals surface area contributed by atoms with E-state index in [4.69, 9.17) is 11.6 Å². The highest BCUT2D eigenvalue weighted by Gasteiger charge is 2.27. The minimum absolute atomic E-state index is 0.178. The molecule has 1 heterocycles. The zero-order valence-corrected chi connectivity index (χ0v) is 9.54. The average molecular weight is 239 g/mol. The lowest BCUT2D eigenvalue weighted by Gasteiger charge is -2.25. The number of aryl methyl sites for hydroxylation is 1. The molecule has 1 aliphatic heterocycles. The Balaban J connectivity index is 2.38. The number of benzene rings is 1. The van der Waals surface area contributed by atoms with Crippen LogP contribution in [0.15, 0.2) is 18.2 Å². The van der Waals surface area contributed by atoms with Crippen LogP contribution in [0.5, 0.6) is 0 Å². The number of carbonyl (C=O) groups excluding carboxylic acids is 2. The maximum Gasteiger partial charge on any atom is 0.247 e.